The predicted molar refractivity (Wildman–Crippen MR) is 114 cm³/mol. The maximum absolute atomic E-state index is 13.9. The van der Waals surface area contributed by atoms with Gasteiger partial charge >= 0.3 is 0 Å². The van der Waals surface area contributed by atoms with Crippen molar-refractivity contribution in [3.05, 3.63) is 66.0 Å². The lowest BCUT2D eigenvalue weighted by molar-refractivity contribution is -0.137. The number of halogens is 1. The van der Waals surface area contributed by atoms with E-state index in [2.05, 4.69) is 41.4 Å². The first-order valence-electron chi connectivity index (χ1n) is 11.0. The minimum Gasteiger partial charge on any atom is -0.481 e. The average Bonchev–Trinajstić information content (AvgIpc) is 3.06. The molecule has 2 aromatic carbocycles. The van der Waals surface area contributed by atoms with E-state index in [1.54, 1.807) is 18.2 Å². The molecule has 30 heavy (non-hydrogen) atoms. The highest BCUT2D eigenvalue weighted by Crippen LogP contribution is 2.53. The first-order chi connectivity index (χ1) is 14.6. The third-order valence-electron chi connectivity index (χ3n) is 7.52. The number of likely N-dealkylation sites (tertiary alicyclic amines) is 1. The number of ether oxygens (including phenoxy) is 1. The van der Waals surface area contributed by atoms with Gasteiger partial charge in [-0.25, -0.2) is 4.39 Å². The van der Waals surface area contributed by atoms with Gasteiger partial charge in [-0.15, -0.1) is 0 Å². The minimum absolute atomic E-state index is 0.0283. The number of hydrogen-bond donors (Lipinski definition) is 1. The highest BCUT2D eigenvalue weighted by Gasteiger charge is 2.60. The van der Waals surface area contributed by atoms with Crippen molar-refractivity contribution in [3.8, 4) is 5.75 Å². The second-order valence-electron chi connectivity index (χ2n) is 9.26. The third kappa shape index (κ3) is 3.29. The monoisotopic (exact) mass is 408 g/mol. The zero-order valence-electron chi connectivity index (χ0n) is 17.4. The van der Waals surface area contributed by atoms with Gasteiger partial charge in [0.25, 0.3) is 5.91 Å². The highest BCUT2D eigenvalue weighted by atomic mass is 19.1. The summed E-state index contributed by atoms with van der Waals surface area (Å²) < 4.78 is 19.5. The van der Waals surface area contributed by atoms with Crippen LogP contribution in [0.15, 0.2) is 54.6 Å². The van der Waals surface area contributed by atoms with Crippen LogP contribution in [0, 0.1) is 11.2 Å². The van der Waals surface area contributed by atoms with Crippen LogP contribution < -0.4 is 10.1 Å². The van der Waals surface area contributed by atoms with Crippen LogP contribution in [-0.4, -0.2) is 41.6 Å². The number of benzene rings is 2. The third-order valence-corrected chi connectivity index (χ3v) is 7.52. The Morgan fingerprint density at radius 1 is 1.17 bits per heavy atom. The summed E-state index contributed by atoms with van der Waals surface area (Å²) in [4.78, 5) is 15.5. The van der Waals surface area contributed by atoms with E-state index in [9.17, 15) is 9.18 Å². The SMILES string of the molecule is C[C@@]12C[C@H]3[C@@H](Cc4ccccc4)N[C@@H]1CCC[C@@H]2N3C(=O)COc1ccccc1F. The number of rotatable bonds is 5. The fraction of sp³-hybridized carbons (Fsp3) is 0.480. The van der Waals surface area contributed by atoms with Crippen LogP contribution in [0.2, 0.25) is 0 Å². The lowest BCUT2D eigenvalue weighted by Crippen LogP contribution is -2.58. The molecule has 1 amide bonds. The molecule has 2 bridgehead atoms. The Balaban J connectivity index is 1.38. The zero-order chi connectivity index (χ0) is 20.7. The Kier molecular flexibility index (Phi) is 5.02. The van der Waals surface area contributed by atoms with Crippen molar-refractivity contribution in [2.45, 2.75) is 63.2 Å². The molecule has 1 aliphatic carbocycles. The van der Waals surface area contributed by atoms with Gasteiger partial charge in [-0.05, 0) is 49.8 Å². The van der Waals surface area contributed by atoms with Gasteiger partial charge in [-0.3, -0.25) is 4.79 Å². The number of fused-ring (bicyclic) bond motifs is 1. The van der Waals surface area contributed by atoms with E-state index in [4.69, 9.17) is 4.74 Å². The van der Waals surface area contributed by atoms with Crippen LogP contribution in [0.4, 0.5) is 4.39 Å². The van der Waals surface area contributed by atoms with E-state index in [-0.39, 0.29) is 41.8 Å². The number of para-hydroxylation sites is 1. The Morgan fingerprint density at radius 2 is 1.93 bits per heavy atom. The zero-order valence-corrected chi connectivity index (χ0v) is 17.4. The molecule has 2 saturated heterocycles. The molecule has 5 rings (SSSR count). The summed E-state index contributed by atoms with van der Waals surface area (Å²) in [5, 5.41) is 3.91. The molecule has 158 valence electrons. The average molecular weight is 409 g/mol. The molecule has 0 spiro atoms. The first kappa shape index (κ1) is 19.6. The van der Waals surface area contributed by atoms with Crippen molar-refractivity contribution < 1.29 is 13.9 Å². The molecule has 0 radical (unpaired) electrons. The molecule has 3 fully saturated rings. The standard InChI is InChI=1S/C25H29FN2O2/c1-25-15-20-19(14-17-8-3-2-4-9-17)27-22(25)12-7-13-23(25)28(20)24(29)16-30-21-11-6-5-10-18(21)26/h2-6,8-11,19-20,22-23,27H,7,12-16H2,1H3/t19-,20+,22-,23+,25-/m1/s1. The molecule has 2 heterocycles. The Hall–Kier alpha value is -2.40. The van der Waals surface area contributed by atoms with E-state index in [0.717, 1.165) is 25.7 Å². The maximum atomic E-state index is 13.9. The summed E-state index contributed by atoms with van der Waals surface area (Å²) in [5.41, 5.74) is 1.39. The van der Waals surface area contributed by atoms with Gasteiger partial charge < -0.3 is 15.0 Å². The fourth-order valence-electron chi connectivity index (χ4n) is 6.10. The molecule has 2 aliphatic heterocycles. The topological polar surface area (TPSA) is 41.6 Å². The molecule has 5 heteroatoms. The van der Waals surface area contributed by atoms with Crippen LogP contribution in [0.5, 0.6) is 5.75 Å². The van der Waals surface area contributed by atoms with E-state index >= 15 is 0 Å². The molecular formula is C25H29FN2O2. The van der Waals surface area contributed by atoms with E-state index in [1.165, 1.54) is 18.1 Å². The summed E-state index contributed by atoms with van der Waals surface area (Å²) in [6.07, 6.45) is 5.26. The van der Waals surface area contributed by atoms with Gasteiger partial charge in [-0.1, -0.05) is 49.4 Å². The molecule has 2 aromatic rings. The molecule has 0 aromatic heterocycles. The van der Waals surface area contributed by atoms with Gasteiger partial charge in [0.2, 0.25) is 0 Å². The quantitative estimate of drug-likeness (QED) is 0.815. The van der Waals surface area contributed by atoms with Crippen molar-refractivity contribution in [1.82, 2.24) is 10.2 Å². The van der Waals surface area contributed by atoms with Gasteiger partial charge in [0.15, 0.2) is 18.2 Å². The van der Waals surface area contributed by atoms with E-state index in [1.807, 2.05) is 6.07 Å². The van der Waals surface area contributed by atoms with Crippen molar-refractivity contribution in [2.24, 2.45) is 5.41 Å². The number of nitrogens with zero attached hydrogens (tertiary/aromatic N) is 1. The summed E-state index contributed by atoms with van der Waals surface area (Å²) in [7, 11) is 0. The number of amides is 1. The Bertz CT molecular complexity index is 920. The normalized spacial score (nSPS) is 32.1. The Morgan fingerprint density at radius 3 is 2.73 bits per heavy atom. The fourth-order valence-corrected chi connectivity index (χ4v) is 6.10. The van der Waals surface area contributed by atoms with Crippen molar-refractivity contribution >= 4 is 5.91 Å². The largest absolute Gasteiger partial charge is 0.481 e. The summed E-state index contributed by atoms with van der Waals surface area (Å²) in [6, 6.07) is 17.8. The lowest BCUT2D eigenvalue weighted by Gasteiger charge is -2.46. The van der Waals surface area contributed by atoms with Gasteiger partial charge in [0.1, 0.15) is 0 Å². The van der Waals surface area contributed by atoms with Crippen LogP contribution in [-0.2, 0) is 11.2 Å². The van der Waals surface area contributed by atoms with Gasteiger partial charge in [-0.2, -0.15) is 0 Å². The molecular weight excluding hydrogens is 379 g/mol. The van der Waals surface area contributed by atoms with Crippen LogP contribution in [0.3, 0.4) is 0 Å². The summed E-state index contributed by atoms with van der Waals surface area (Å²) in [6.45, 7) is 2.22. The van der Waals surface area contributed by atoms with Gasteiger partial charge in [0, 0.05) is 29.6 Å². The second-order valence-corrected chi connectivity index (χ2v) is 9.26. The van der Waals surface area contributed by atoms with E-state index in [0.29, 0.717) is 6.04 Å². The molecule has 5 atom stereocenters. The molecule has 3 aliphatic rings. The summed E-state index contributed by atoms with van der Waals surface area (Å²) >= 11 is 0. The van der Waals surface area contributed by atoms with Crippen LogP contribution in [0.25, 0.3) is 0 Å². The molecule has 1 N–H and O–H groups in total. The summed E-state index contributed by atoms with van der Waals surface area (Å²) in [5.74, 6) is -0.321. The number of carbonyl (C=O) groups excluding carboxylic acids is 1. The number of carbonyl (C=O) groups is 1. The minimum atomic E-state index is -0.432. The van der Waals surface area contributed by atoms with Crippen LogP contribution in [0.1, 0.15) is 38.2 Å². The number of piperidine rings is 1. The second kappa shape index (κ2) is 7.69. The van der Waals surface area contributed by atoms with Crippen molar-refractivity contribution in [3.63, 3.8) is 0 Å². The first-order valence-corrected chi connectivity index (χ1v) is 11.0. The highest BCUT2D eigenvalue weighted by molar-refractivity contribution is 5.79. The van der Waals surface area contributed by atoms with Gasteiger partial charge in [0.05, 0.1) is 0 Å². The molecule has 4 nitrogen and oxygen atoms in total. The molecule has 0 unspecified atom stereocenters. The van der Waals surface area contributed by atoms with E-state index < -0.39 is 5.82 Å². The Labute approximate surface area is 177 Å². The maximum Gasteiger partial charge on any atom is 0.261 e. The van der Waals surface area contributed by atoms with Crippen molar-refractivity contribution in [1.29, 1.82) is 0 Å². The lowest BCUT2D eigenvalue weighted by atomic mass is 9.65. The number of nitrogens with one attached hydrogen (secondary N) is 1. The van der Waals surface area contributed by atoms with Crippen LogP contribution >= 0.6 is 0 Å². The predicted octanol–water partition coefficient (Wildman–Crippen LogP) is 3.95. The molecule has 1 saturated carbocycles. The van der Waals surface area contributed by atoms with Crippen molar-refractivity contribution in [2.75, 3.05) is 6.61 Å². The number of hydrogen-bond acceptors (Lipinski definition) is 3. The smallest absolute Gasteiger partial charge is 0.261 e.